The Balaban J connectivity index is 1.78. The number of nitrogens with zero attached hydrogens (tertiary/aromatic N) is 2. The van der Waals surface area contributed by atoms with E-state index in [0.29, 0.717) is 12.5 Å². The Morgan fingerprint density at radius 3 is 2.86 bits per heavy atom. The van der Waals surface area contributed by atoms with Crippen molar-refractivity contribution in [1.82, 2.24) is 10.3 Å². The molecule has 1 aromatic heterocycles. The van der Waals surface area contributed by atoms with Crippen LogP contribution in [0.2, 0.25) is 0 Å². The first kappa shape index (κ1) is 22.1. The number of hydrogen-bond donors (Lipinski definition) is 1. The fraction of sp³-hybridized carbons (Fsp3) is 0.450. The van der Waals surface area contributed by atoms with Gasteiger partial charge in [0.05, 0.1) is 22.5 Å². The largest absolute Gasteiger partial charge is 0.464 e. The number of thiazole rings is 1. The number of amides is 2. The molecule has 0 radical (unpaired) electrons. The number of rotatable bonds is 8. The van der Waals surface area contributed by atoms with Crippen LogP contribution in [0.15, 0.2) is 44.7 Å². The Kier molecular flexibility index (Phi) is 8.38. The summed E-state index contributed by atoms with van der Waals surface area (Å²) >= 11 is 6.15. The number of urea groups is 1. The molecular formula is C20H24BrN3O3S2. The molecule has 0 aliphatic heterocycles. The molecule has 9 heteroatoms. The van der Waals surface area contributed by atoms with Gasteiger partial charge < -0.3 is 10.1 Å². The molecule has 1 N–H and O–H groups in total. The molecule has 0 saturated heterocycles. The lowest BCUT2D eigenvalue weighted by molar-refractivity contribution is -0.142. The number of thioether (sulfide) groups is 1. The SMILES string of the molecule is CCOC(=O)C(NC(=O)N(CC1CCCC1)c1cccc(Br)c1)Sc1cncs1. The predicted molar refractivity (Wildman–Crippen MR) is 120 cm³/mol. The van der Waals surface area contributed by atoms with E-state index in [0.717, 1.165) is 27.2 Å². The Labute approximate surface area is 187 Å². The zero-order valence-corrected chi connectivity index (χ0v) is 19.4. The number of ether oxygens (including phenoxy) is 1. The second-order valence-electron chi connectivity index (χ2n) is 6.76. The third kappa shape index (κ3) is 6.45. The van der Waals surface area contributed by atoms with E-state index in [2.05, 4.69) is 26.2 Å². The topological polar surface area (TPSA) is 71.5 Å². The number of nitrogens with one attached hydrogen (secondary N) is 1. The molecule has 1 aromatic carbocycles. The van der Waals surface area contributed by atoms with Gasteiger partial charge in [0.25, 0.3) is 0 Å². The van der Waals surface area contributed by atoms with Gasteiger partial charge in [0.1, 0.15) is 0 Å². The number of carbonyl (C=O) groups excluding carboxylic acids is 2. The summed E-state index contributed by atoms with van der Waals surface area (Å²) in [5, 5.41) is 2.04. The van der Waals surface area contributed by atoms with Crippen LogP contribution in [-0.4, -0.2) is 35.5 Å². The van der Waals surface area contributed by atoms with Gasteiger partial charge in [0.2, 0.25) is 0 Å². The first-order chi connectivity index (χ1) is 14.1. The van der Waals surface area contributed by atoms with E-state index < -0.39 is 11.3 Å². The van der Waals surface area contributed by atoms with E-state index >= 15 is 0 Å². The Hall–Kier alpha value is -1.58. The van der Waals surface area contributed by atoms with E-state index in [9.17, 15) is 9.59 Å². The minimum absolute atomic E-state index is 0.256. The number of halogens is 1. The maximum Gasteiger partial charge on any atom is 0.339 e. The molecule has 1 unspecified atom stereocenters. The molecule has 1 aliphatic carbocycles. The molecule has 1 aliphatic rings. The van der Waals surface area contributed by atoms with Gasteiger partial charge in [0.15, 0.2) is 5.37 Å². The normalized spacial score (nSPS) is 15.1. The fourth-order valence-electron chi connectivity index (χ4n) is 3.32. The number of benzene rings is 1. The van der Waals surface area contributed by atoms with Crippen molar-refractivity contribution in [2.75, 3.05) is 18.1 Å². The van der Waals surface area contributed by atoms with Gasteiger partial charge in [-0.3, -0.25) is 9.88 Å². The van der Waals surface area contributed by atoms with Crippen LogP contribution in [0.3, 0.4) is 0 Å². The van der Waals surface area contributed by atoms with Crippen LogP contribution in [0.25, 0.3) is 0 Å². The van der Waals surface area contributed by atoms with Gasteiger partial charge >= 0.3 is 12.0 Å². The summed E-state index contributed by atoms with van der Waals surface area (Å²) in [7, 11) is 0. The van der Waals surface area contributed by atoms with Gasteiger partial charge in [-0.1, -0.05) is 46.6 Å². The second kappa shape index (κ2) is 11.0. The van der Waals surface area contributed by atoms with Crippen molar-refractivity contribution in [3.05, 3.63) is 40.4 Å². The molecule has 3 rings (SSSR count). The summed E-state index contributed by atoms with van der Waals surface area (Å²) in [4.78, 5) is 31.5. The van der Waals surface area contributed by atoms with E-state index in [-0.39, 0.29) is 12.6 Å². The van der Waals surface area contributed by atoms with E-state index in [1.54, 1.807) is 23.5 Å². The lowest BCUT2D eigenvalue weighted by Gasteiger charge is -2.28. The molecular weight excluding hydrogens is 474 g/mol. The van der Waals surface area contributed by atoms with Gasteiger partial charge in [0, 0.05) is 16.7 Å². The van der Waals surface area contributed by atoms with Crippen molar-refractivity contribution in [2.45, 2.75) is 42.2 Å². The van der Waals surface area contributed by atoms with E-state index in [1.165, 1.54) is 35.9 Å². The van der Waals surface area contributed by atoms with Crippen molar-refractivity contribution in [2.24, 2.45) is 5.92 Å². The van der Waals surface area contributed by atoms with Crippen LogP contribution >= 0.6 is 39.0 Å². The van der Waals surface area contributed by atoms with E-state index in [4.69, 9.17) is 4.74 Å². The van der Waals surface area contributed by atoms with Gasteiger partial charge in [-0.05, 0) is 43.9 Å². The number of aromatic nitrogens is 1. The molecule has 0 spiro atoms. The van der Waals surface area contributed by atoms with Crippen molar-refractivity contribution in [1.29, 1.82) is 0 Å². The second-order valence-corrected chi connectivity index (χ2v) is 9.97. The molecule has 1 saturated carbocycles. The molecule has 0 bridgehead atoms. The third-order valence-corrected chi connectivity index (χ3v) is 7.20. The van der Waals surface area contributed by atoms with Crippen LogP contribution in [0, 0.1) is 5.92 Å². The summed E-state index contributed by atoms with van der Waals surface area (Å²) < 4.78 is 6.92. The Morgan fingerprint density at radius 1 is 1.41 bits per heavy atom. The highest BCUT2D eigenvalue weighted by Crippen LogP contribution is 2.30. The maximum atomic E-state index is 13.3. The van der Waals surface area contributed by atoms with Crippen LogP contribution in [0.1, 0.15) is 32.6 Å². The lowest BCUT2D eigenvalue weighted by atomic mass is 10.1. The predicted octanol–water partition coefficient (Wildman–Crippen LogP) is 5.29. The molecule has 1 heterocycles. The van der Waals surface area contributed by atoms with Gasteiger partial charge in [-0.2, -0.15) is 0 Å². The summed E-state index contributed by atoms with van der Waals surface area (Å²) in [6.07, 6.45) is 6.32. The molecule has 29 heavy (non-hydrogen) atoms. The molecule has 6 nitrogen and oxygen atoms in total. The monoisotopic (exact) mass is 497 g/mol. The quantitative estimate of drug-likeness (QED) is 0.304. The average Bonchev–Trinajstić information content (AvgIpc) is 3.39. The smallest absolute Gasteiger partial charge is 0.339 e. The van der Waals surface area contributed by atoms with Crippen molar-refractivity contribution < 1.29 is 14.3 Å². The molecule has 2 amide bonds. The number of hydrogen-bond acceptors (Lipinski definition) is 6. The summed E-state index contributed by atoms with van der Waals surface area (Å²) in [6, 6.07) is 7.36. The fourth-order valence-corrected chi connectivity index (χ4v) is 5.38. The minimum atomic E-state index is -0.832. The zero-order chi connectivity index (χ0) is 20.6. The van der Waals surface area contributed by atoms with Crippen molar-refractivity contribution >= 4 is 56.7 Å². The molecule has 1 fully saturated rings. The lowest BCUT2D eigenvalue weighted by Crippen LogP contribution is -2.48. The summed E-state index contributed by atoms with van der Waals surface area (Å²) in [5.74, 6) is 0.00392. The highest BCUT2D eigenvalue weighted by molar-refractivity contribution is 9.10. The number of esters is 1. The third-order valence-electron chi connectivity index (χ3n) is 4.68. The molecule has 156 valence electrons. The minimum Gasteiger partial charge on any atom is -0.464 e. The standard InChI is InChI=1S/C20H24BrN3O3S2/c1-2-27-19(25)18(29-17-11-22-13-28-17)23-20(26)24(12-14-6-3-4-7-14)16-9-5-8-15(21)10-16/h5,8-11,13-14,18H,2-4,6-7,12H2,1H3,(H,23,26). The number of anilines is 1. The Morgan fingerprint density at radius 2 is 2.21 bits per heavy atom. The van der Waals surface area contributed by atoms with Crippen LogP contribution in [-0.2, 0) is 9.53 Å². The van der Waals surface area contributed by atoms with E-state index in [1.807, 2.05) is 24.3 Å². The zero-order valence-electron chi connectivity index (χ0n) is 16.2. The molecule has 1 atom stereocenters. The van der Waals surface area contributed by atoms with Crippen LogP contribution in [0.4, 0.5) is 10.5 Å². The van der Waals surface area contributed by atoms with Crippen LogP contribution in [0.5, 0.6) is 0 Å². The van der Waals surface area contributed by atoms with Crippen molar-refractivity contribution in [3.8, 4) is 0 Å². The molecule has 2 aromatic rings. The first-order valence-electron chi connectivity index (χ1n) is 9.62. The highest BCUT2D eigenvalue weighted by Gasteiger charge is 2.29. The van der Waals surface area contributed by atoms with Gasteiger partial charge in [-0.25, -0.2) is 9.59 Å². The highest BCUT2D eigenvalue weighted by atomic mass is 79.9. The van der Waals surface area contributed by atoms with Crippen LogP contribution < -0.4 is 10.2 Å². The first-order valence-corrected chi connectivity index (χ1v) is 12.2. The summed E-state index contributed by atoms with van der Waals surface area (Å²) in [5.41, 5.74) is 2.49. The average molecular weight is 498 g/mol. The Bertz CT molecular complexity index is 813. The maximum absolute atomic E-state index is 13.3. The summed E-state index contributed by atoms with van der Waals surface area (Å²) in [6.45, 7) is 2.64. The van der Waals surface area contributed by atoms with Crippen molar-refractivity contribution in [3.63, 3.8) is 0 Å². The number of carbonyl (C=O) groups is 2. The van der Waals surface area contributed by atoms with Gasteiger partial charge in [-0.15, -0.1) is 11.3 Å².